The van der Waals surface area contributed by atoms with Crippen LogP contribution in [0.25, 0.3) is 0 Å². The Hall–Kier alpha value is -0.345. The largest absolute Gasteiger partial charge is 0.461 e. The predicted octanol–water partition coefficient (Wildman–Crippen LogP) is 3.47. The van der Waals surface area contributed by atoms with Crippen LogP contribution in [-0.2, 0) is 14.1 Å². The Balaban J connectivity index is 2.17. The molecule has 2 rings (SSSR count). The van der Waals surface area contributed by atoms with Crippen molar-refractivity contribution >= 4 is 12.9 Å². The third-order valence-corrected chi connectivity index (χ3v) is 5.25. The van der Waals surface area contributed by atoms with Gasteiger partial charge < -0.3 is 9.31 Å². The van der Waals surface area contributed by atoms with Crippen LogP contribution in [0.3, 0.4) is 0 Å². The van der Waals surface area contributed by atoms with Crippen LogP contribution in [0.1, 0.15) is 60.8 Å². The highest BCUT2D eigenvalue weighted by Crippen LogP contribution is 2.47. The first kappa shape index (κ1) is 15.1. The fourth-order valence-corrected chi connectivity index (χ4v) is 3.25. The average molecular weight is 266 g/mol. The molecule has 1 heterocycles. The second kappa shape index (κ2) is 4.89. The molecular weight excluding hydrogens is 239 g/mol. The predicted molar refractivity (Wildman–Crippen MR) is 77.0 cm³/mol. The van der Waals surface area contributed by atoms with Gasteiger partial charge in [0.1, 0.15) is 5.78 Å². The van der Waals surface area contributed by atoms with Crippen molar-refractivity contribution in [3.63, 3.8) is 0 Å². The summed E-state index contributed by atoms with van der Waals surface area (Å²) >= 11 is 0. The summed E-state index contributed by atoms with van der Waals surface area (Å²) in [4.78, 5) is 11.8. The highest BCUT2D eigenvalue weighted by atomic mass is 16.7. The van der Waals surface area contributed by atoms with Gasteiger partial charge in [-0.05, 0) is 46.0 Å². The van der Waals surface area contributed by atoms with Gasteiger partial charge in [0, 0.05) is 18.7 Å². The number of carbonyl (C=O) groups is 1. The maximum atomic E-state index is 11.8. The van der Waals surface area contributed by atoms with Gasteiger partial charge in [-0.1, -0.05) is 13.8 Å². The van der Waals surface area contributed by atoms with Crippen molar-refractivity contribution in [1.29, 1.82) is 0 Å². The molecule has 1 saturated heterocycles. The van der Waals surface area contributed by atoms with Crippen LogP contribution in [0.4, 0.5) is 0 Å². The first-order chi connectivity index (χ1) is 8.64. The van der Waals surface area contributed by atoms with E-state index in [1.54, 1.807) is 0 Å². The van der Waals surface area contributed by atoms with E-state index < -0.39 is 0 Å². The van der Waals surface area contributed by atoms with E-state index >= 15 is 0 Å². The molecule has 0 spiro atoms. The molecular formula is C15H27BO3. The Kier molecular flexibility index (Phi) is 3.87. The zero-order chi connectivity index (χ0) is 14.4. The van der Waals surface area contributed by atoms with Gasteiger partial charge in [0.2, 0.25) is 0 Å². The molecule has 0 aromatic carbocycles. The highest BCUT2D eigenvalue weighted by molar-refractivity contribution is 6.48. The minimum atomic E-state index is -0.306. The molecule has 4 heteroatoms. The molecule has 108 valence electrons. The van der Waals surface area contributed by atoms with Gasteiger partial charge in [-0.3, -0.25) is 4.79 Å². The molecule has 19 heavy (non-hydrogen) atoms. The smallest absolute Gasteiger partial charge is 0.403 e. The van der Waals surface area contributed by atoms with Crippen LogP contribution < -0.4 is 0 Å². The van der Waals surface area contributed by atoms with E-state index in [1.165, 1.54) is 0 Å². The number of rotatable bonds is 2. The number of ketones is 1. The summed E-state index contributed by atoms with van der Waals surface area (Å²) in [6, 6.07) is 0. The number of Topliss-reactive ketones (excluding diaryl/α,β-unsaturated/α-hetero) is 1. The third kappa shape index (κ3) is 2.75. The molecule has 1 saturated carbocycles. The molecule has 0 amide bonds. The van der Waals surface area contributed by atoms with Crippen LogP contribution in [-0.4, -0.2) is 24.1 Å². The summed E-state index contributed by atoms with van der Waals surface area (Å²) in [5, 5.41) is 0. The van der Waals surface area contributed by atoms with E-state index in [1.807, 2.05) is 0 Å². The molecule has 0 aromatic heterocycles. The summed E-state index contributed by atoms with van der Waals surface area (Å²) in [5.41, 5.74) is -0.612. The summed E-state index contributed by atoms with van der Waals surface area (Å²) in [7, 11) is -0.235. The third-order valence-electron chi connectivity index (χ3n) is 5.25. The Morgan fingerprint density at radius 2 is 1.68 bits per heavy atom. The summed E-state index contributed by atoms with van der Waals surface area (Å²) < 4.78 is 12.3. The van der Waals surface area contributed by atoms with Gasteiger partial charge in [0.15, 0.2) is 0 Å². The van der Waals surface area contributed by atoms with Crippen molar-refractivity contribution in [2.75, 3.05) is 0 Å². The van der Waals surface area contributed by atoms with Gasteiger partial charge in [0.05, 0.1) is 11.2 Å². The molecule has 0 aromatic rings. The molecule has 2 atom stereocenters. The highest BCUT2D eigenvalue weighted by Gasteiger charge is 2.55. The van der Waals surface area contributed by atoms with E-state index in [9.17, 15) is 4.79 Å². The topological polar surface area (TPSA) is 35.5 Å². The van der Waals surface area contributed by atoms with Crippen LogP contribution in [0.2, 0.25) is 5.82 Å². The molecule has 3 nitrogen and oxygen atoms in total. The number of hydrogen-bond acceptors (Lipinski definition) is 3. The van der Waals surface area contributed by atoms with Gasteiger partial charge >= 0.3 is 7.12 Å². The van der Waals surface area contributed by atoms with Crippen molar-refractivity contribution in [3.05, 3.63) is 0 Å². The van der Waals surface area contributed by atoms with Crippen molar-refractivity contribution < 1.29 is 14.1 Å². The Morgan fingerprint density at radius 3 is 2.16 bits per heavy atom. The maximum Gasteiger partial charge on any atom is 0.461 e. The zero-order valence-electron chi connectivity index (χ0n) is 13.2. The minimum Gasteiger partial charge on any atom is -0.403 e. The standard InChI is InChI=1S/C15H27BO3/c1-10(2)12-8-7-11(17)9-13(12)16-18-14(3,4)15(5,6)19-16/h10,12-13H,7-9H2,1-6H3/t12-,13+/m0/s1. The van der Waals surface area contributed by atoms with Crippen molar-refractivity contribution in [2.24, 2.45) is 11.8 Å². The SMILES string of the molecule is CC(C)[C@@H]1CCC(=O)C[C@H]1B1OC(C)(C)C(C)(C)O1. The van der Waals surface area contributed by atoms with Gasteiger partial charge in [-0.15, -0.1) is 0 Å². The minimum absolute atomic E-state index is 0.210. The molecule has 0 N–H and O–H groups in total. The van der Waals surface area contributed by atoms with E-state index in [2.05, 4.69) is 41.5 Å². The van der Waals surface area contributed by atoms with Crippen molar-refractivity contribution in [3.8, 4) is 0 Å². The van der Waals surface area contributed by atoms with E-state index in [0.717, 1.165) is 12.8 Å². The molecule has 0 unspecified atom stereocenters. The first-order valence-corrected chi connectivity index (χ1v) is 7.51. The van der Waals surface area contributed by atoms with Crippen LogP contribution in [0.15, 0.2) is 0 Å². The van der Waals surface area contributed by atoms with Gasteiger partial charge in [-0.2, -0.15) is 0 Å². The molecule has 1 aliphatic carbocycles. The number of carbonyl (C=O) groups excluding carboxylic acids is 1. The second-order valence-electron chi connectivity index (χ2n) is 7.48. The normalized spacial score (nSPS) is 34.1. The van der Waals surface area contributed by atoms with Crippen LogP contribution in [0.5, 0.6) is 0 Å². The average Bonchev–Trinajstić information content (AvgIpc) is 2.47. The van der Waals surface area contributed by atoms with E-state index in [0.29, 0.717) is 24.0 Å². The van der Waals surface area contributed by atoms with Crippen molar-refractivity contribution in [2.45, 2.75) is 77.8 Å². The lowest BCUT2D eigenvalue weighted by molar-refractivity contribution is -0.121. The maximum absolute atomic E-state index is 11.8. The molecule has 0 bridgehead atoms. The first-order valence-electron chi connectivity index (χ1n) is 7.51. The fraction of sp³-hybridized carbons (Fsp3) is 0.933. The van der Waals surface area contributed by atoms with Gasteiger partial charge in [0.25, 0.3) is 0 Å². The molecule has 1 aliphatic heterocycles. The Bertz CT molecular complexity index is 346. The lowest BCUT2D eigenvalue weighted by Crippen LogP contribution is -2.41. The van der Waals surface area contributed by atoms with E-state index in [-0.39, 0.29) is 24.1 Å². The quantitative estimate of drug-likeness (QED) is 0.718. The lowest BCUT2D eigenvalue weighted by atomic mass is 9.56. The monoisotopic (exact) mass is 266 g/mol. The summed E-state index contributed by atoms with van der Waals surface area (Å²) in [6.45, 7) is 12.8. The summed E-state index contributed by atoms with van der Waals surface area (Å²) in [5.74, 6) is 1.66. The molecule has 2 aliphatic rings. The Morgan fingerprint density at radius 1 is 1.16 bits per heavy atom. The Labute approximate surface area is 117 Å². The van der Waals surface area contributed by atoms with Crippen molar-refractivity contribution in [1.82, 2.24) is 0 Å². The fourth-order valence-electron chi connectivity index (χ4n) is 3.25. The van der Waals surface area contributed by atoms with Crippen LogP contribution >= 0.6 is 0 Å². The number of hydrogen-bond donors (Lipinski definition) is 0. The van der Waals surface area contributed by atoms with Gasteiger partial charge in [-0.25, -0.2) is 0 Å². The lowest BCUT2D eigenvalue weighted by Gasteiger charge is -2.34. The molecule has 2 fully saturated rings. The van der Waals surface area contributed by atoms with Crippen LogP contribution in [0, 0.1) is 11.8 Å². The molecule has 0 radical (unpaired) electrons. The summed E-state index contributed by atoms with van der Waals surface area (Å²) in [6.07, 6.45) is 2.31. The van der Waals surface area contributed by atoms with E-state index in [4.69, 9.17) is 9.31 Å². The second-order valence-corrected chi connectivity index (χ2v) is 7.48. The zero-order valence-corrected chi connectivity index (χ0v) is 13.2.